The summed E-state index contributed by atoms with van der Waals surface area (Å²) in [6.07, 6.45) is 10.0. The summed E-state index contributed by atoms with van der Waals surface area (Å²) in [7, 11) is 0. The Kier molecular flexibility index (Phi) is 2.21. The van der Waals surface area contributed by atoms with Crippen LogP contribution in [0.2, 0.25) is 0 Å². The fourth-order valence-corrected chi connectivity index (χ4v) is 0.865. The van der Waals surface area contributed by atoms with Gasteiger partial charge in [-0.05, 0) is 19.4 Å². The Balaban J connectivity index is 2.91. The van der Waals surface area contributed by atoms with Crippen LogP contribution in [0.15, 0.2) is 36.0 Å². The number of carbonyl (C=O) groups excluding carboxylic acids is 1. The largest absolute Gasteiger partial charge is 0.289 e. The lowest BCUT2D eigenvalue weighted by molar-refractivity contribution is -0.111. The molecule has 1 rings (SSSR count). The van der Waals surface area contributed by atoms with E-state index in [0.29, 0.717) is 0 Å². The summed E-state index contributed by atoms with van der Waals surface area (Å²) in [4.78, 5) is 11.0. The molecule has 0 spiro atoms. The average Bonchev–Trinajstić information content (AvgIpc) is 2.13. The zero-order chi connectivity index (χ0) is 7.40. The minimum atomic E-state index is 0.108. The summed E-state index contributed by atoms with van der Waals surface area (Å²) >= 11 is 0. The fraction of sp³-hybridized carbons (Fsp3) is 0.222. The first-order valence-electron chi connectivity index (χ1n) is 3.38. The first-order valence-corrected chi connectivity index (χ1v) is 3.38. The lowest BCUT2D eigenvalue weighted by Gasteiger charge is -1.89. The van der Waals surface area contributed by atoms with Crippen molar-refractivity contribution in [2.24, 2.45) is 0 Å². The zero-order valence-corrected chi connectivity index (χ0v) is 6.00. The first-order chi connectivity index (χ1) is 4.84. The van der Waals surface area contributed by atoms with Crippen molar-refractivity contribution in [3.05, 3.63) is 36.0 Å². The lowest BCUT2D eigenvalue weighted by Crippen LogP contribution is -1.92. The topological polar surface area (TPSA) is 17.1 Å². The van der Waals surface area contributed by atoms with E-state index in [2.05, 4.69) is 0 Å². The van der Waals surface area contributed by atoms with Crippen molar-refractivity contribution in [1.29, 1.82) is 0 Å². The van der Waals surface area contributed by atoms with E-state index in [0.717, 1.165) is 12.0 Å². The highest BCUT2D eigenvalue weighted by Gasteiger charge is 2.01. The van der Waals surface area contributed by atoms with Crippen LogP contribution in [0.25, 0.3) is 0 Å². The minimum Gasteiger partial charge on any atom is -0.289 e. The highest BCUT2D eigenvalue weighted by molar-refractivity contribution is 6.06. The van der Waals surface area contributed by atoms with E-state index < -0.39 is 0 Å². The minimum absolute atomic E-state index is 0.108. The quantitative estimate of drug-likeness (QED) is 0.463. The van der Waals surface area contributed by atoms with E-state index >= 15 is 0 Å². The number of carbonyl (C=O) groups is 1. The molecule has 0 aromatic heterocycles. The summed E-state index contributed by atoms with van der Waals surface area (Å²) in [6.45, 7) is 1.87. The molecule has 10 heavy (non-hydrogen) atoms. The molecule has 0 amide bonds. The highest BCUT2D eigenvalue weighted by Crippen LogP contribution is 2.05. The highest BCUT2D eigenvalue weighted by atomic mass is 16.1. The van der Waals surface area contributed by atoms with Crippen molar-refractivity contribution in [1.82, 2.24) is 0 Å². The number of hydrogen-bond donors (Lipinski definition) is 0. The van der Waals surface area contributed by atoms with Gasteiger partial charge < -0.3 is 0 Å². The maximum absolute atomic E-state index is 11.0. The van der Waals surface area contributed by atoms with Crippen LogP contribution in [0, 0.1) is 0 Å². The van der Waals surface area contributed by atoms with E-state index in [1.807, 2.05) is 31.2 Å². The normalized spacial score (nSPS) is 21.7. The van der Waals surface area contributed by atoms with E-state index in [1.165, 1.54) is 0 Å². The van der Waals surface area contributed by atoms with E-state index in [-0.39, 0.29) is 5.78 Å². The van der Waals surface area contributed by atoms with Gasteiger partial charge in [0.2, 0.25) is 0 Å². The molecule has 0 N–H and O–H groups in total. The van der Waals surface area contributed by atoms with Gasteiger partial charge in [-0.1, -0.05) is 24.3 Å². The Bertz CT molecular complexity index is 219. The number of rotatable bonds is 0. The van der Waals surface area contributed by atoms with Gasteiger partial charge in [0, 0.05) is 5.57 Å². The molecule has 1 aliphatic rings. The van der Waals surface area contributed by atoms with Crippen LogP contribution in [0.5, 0.6) is 0 Å². The van der Waals surface area contributed by atoms with Gasteiger partial charge in [-0.25, -0.2) is 0 Å². The van der Waals surface area contributed by atoms with Crippen LogP contribution in [-0.4, -0.2) is 5.78 Å². The van der Waals surface area contributed by atoms with Crippen molar-refractivity contribution in [3.63, 3.8) is 0 Å². The van der Waals surface area contributed by atoms with Gasteiger partial charge in [0.15, 0.2) is 5.78 Å². The van der Waals surface area contributed by atoms with Crippen molar-refractivity contribution < 1.29 is 4.79 Å². The monoisotopic (exact) mass is 134 g/mol. The Morgan fingerprint density at radius 2 is 2.10 bits per heavy atom. The number of allylic oxidation sites excluding steroid dienone is 6. The predicted molar refractivity (Wildman–Crippen MR) is 41.7 cm³/mol. The SMILES string of the molecule is C/C=C1/C=CCC=CC1=O. The van der Waals surface area contributed by atoms with Gasteiger partial charge in [-0.3, -0.25) is 4.79 Å². The summed E-state index contributed by atoms with van der Waals surface area (Å²) in [5, 5.41) is 0. The molecule has 0 saturated carbocycles. The molecule has 0 saturated heterocycles. The predicted octanol–water partition coefficient (Wildman–Crippen LogP) is 2.02. The Morgan fingerprint density at radius 3 is 2.80 bits per heavy atom. The van der Waals surface area contributed by atoms with Gasteiger partial charge in [0.25, 0.3) is 0 Å². The van der Waals surface area contributed by atoms with Gasteiger partial charge in [0.05, 0.1) is 0 Å². The van der Waals surface area contributed by atoms with Gasteiger partial charge in [-0.15, -0.1) is 0 Å². The van der Waals surface area contributed by atoms with Crippen LogP contribution in [0.1, 0.15) is 13.3 Å². The van der Waals surface area contributed by atoms with E-state index in [1.54, 1.807) is 6.08 Å². The van der Waals surface area contributed by atoms with E-state index in [4.69, 9.17) is 0 Å². The second-order valence-electron chi connectivity index (χ2n) is 2.15. The standard InChI is InChI=1S/C9H10O/c1-2-8-6-4-3-5-7-9(8)10/h2,4-7H,3H2,1H3/b8-2-. The molecule has 0 bridgehead atoms. The molecule has 0 aromatic rings. The molecule has 52 valence electrons. The van der Waals surface area contributed by atoms with Gasteiger partial charge in [-0.2, -0.15) is 0 Å². The van der Waals surface area contributed by atoms with Crippen molar-refractivity contribution in [3.8, 4) is 0 Å². The maximum Gasteiger partial charge on any atom is 0.185 e. The maximum atomic E-state index is 11.0. The average molecular weight is 134 g/mol. The number of hydrogen-bond acceptors (Lipinski definition) is 1. The third kappa shape index (κ3) is 1.44. The Morgan fingerprint density at radius 1 is 1.40 bits per heavy atom. The summed E-state index contributed by atoms with van der Waals surface area (Å²) in [6, 6.07) is 0. The van der Waals surface area contributed by atoms with Crippen LogP contribution >= 0.6 is 0 Å². The van der Waals surface area contributed by atoms with Crippen molar-refractivity contribution >= 4 is 5.78 Å². The van der Waals surface area contributed by atoms with Crippen molar-refractivity contribution in [2.75, 3.05) is 0 Å². The molecule has 0 heterocycles. The molecule has 1 heteroatoms. The third-order valence-corrected chi connectivity index (χ3v) is 1.43. The molecular formula is C9H10O. The molecular weight excluding hydrogens is 124 g/mol. The van der Waals surface area contributed by atoms with Crippen LogP contribution in [0.4, 0.5) is 0 Å². The van der Waals surface area contributed by atoms with Gasteiger partial charge in [0.1, 0.15) is 0 Å². The van der Waals surface area contributed by atoms with Crippen LogP contribution in [-0.2, 0) is 4.79 Å². The Hall–Kier alpha value is -1.11. The number of ketones is 1. The molecule has 0 fully saturated rings. The molecule has 0 radical (unpaired) electrons. The summed E-state index contributed by atoms with van der Waals surface area (Å²) < 4.78 is 0. The van der Waals surface area contributed by atoms with E-state index in [9.17, 15) is 4.79 Å². The van der Waals surface area contributed by atoms with Crippen LogP contribution < -0.4 is 0 Å². The molecule has 0 unspecified atom stereocenters. The molecule has 1 aliphatic carbocycles. The molecule has 0 atom stereocenters. The third-order valence-electron chi connectivity index (χ3n) is 1.43. The van der Waals surface area contributed by atoms with Crippen molar-refractivity contribution in [2.45, 2.75) is 13.3 Å². The second kappa shape index (κ2) is 3.16. The molecule has 1 nitrogen and oxygen atoms in total. The summed E-state index contributed by atoms with van der Waals surface area (Å²) in [5.74, 6) is 0.108. The molecule has 0 aliphatic heterocycles. The summed E-state index contributed by atoms with van der Waals surface area (Å²) in [5.41, 5.74) is 0.786. The second-order valence-corrected chi connectivity index (χ2v) is 2.15. The lowest BCUT2D eigenvalue weighted by atomic mass is 10.1. The fourth-order valence-electron chi connectivity index (χ4n) is 0.865. The van der Waals surface area contributed by atoms with Gasteiger partial charge >= 0.3 is 0 Å². The first kappa shape index (κ1) is 7.00. The smallest absolute Gasteiger partial charge is 0.185 e. The zero-order valence-electron chi connectivity index (χ0n) is 6.00. The van der Waals surface area contributed by atoms with Crippen LogP contribution in [0.3, 0.4) is 0 Å². The molecule has 0 aromatic carbocycles. The Labute approximate surface area is 60.7 Å².